The van der Waals surface area contributed by atoms with Gasteiger partial charge in [0.05, 0.1) is 47.7 Å². The van der Waals surface area contributed by atoms with Crippen LogP contribution in [0, 0.1) is 0 Å². The molecule has 2 unspecified atom stereocenters. The number of benzene rings is 2. The van der Waals surface area contributed by atoms with Gasteiger partial charge >= 0.3 is 12.1 Å². The molecule has 6 N–H and O–H groups in total. The average Bonchev–Trinajstić information content (AvgIpc) is 3.17. The molecule has 0 bridgehead atoms. The molecule has 0 aliphatic heterocycles. The van der Waals surface area contributed by atoms with Gasteiger partial charge in [-0.15, -0.1) is 0 Å². The van der Waals surface area contributed by atoms with E-state index in [4.69, 9.17) is 48.4 Å². The first kappa shape index (κ1) is 40.7. The molecule has 292 valence electrons. The number of carbonyl (C=O) groups excluding carboxylic acids is 2. The van der Waals surface area contributed by atoms with Crippen LogP contribution in [0.15, 0.2) is 36.4 Å². The van der Waals surface area contributed by atoms with Crippen LogP contribution in [0.4, 0.5) is 28.3 Å². The number of amides is 1. The van der Waals surface area contributed by atoms with Crippen molar-refractivity contribution < 1.29 is 43.1 Å². The van der Waals surface area contributed by atoms with E-state index in [1.807, 2.05) is 36.4 Å². The predicted molar refractivity (Wildman–Crippen MR) is 203 cm³/mol. The number of carbonyl (C=O) groups is 2. The van der Waals surface area contributed by atoms with E-state index < -0.39 is 30.3 Å². The van der Waals surface area contributed by atoms with E-state index in [1.165, 1.54) is 6.92 Å². The molecule has 54 heavy (non-hydrogen) atoms. The van der Waals surface area contributed by atoms with E-state index in [0.717, 1.165) is 11.1 Å². The summed E-state index contributed by atoms with van der Waals surface area (Å²) in [7, 11) is 6.27. The Labute approximate surface area is 313 Å². The zero-order valence-corrected chi connectivity index (χ0v) is 31.7. The molecule has 0 spiro atoms. The monoisotopic (exact) mass is 751 g/mol. The van der Waals surface area contributed by atoms with Crippen LogP contribution in [0.1, 0.15) is 38.8 Å². The quantitative estimate of drug-likeness (QED) is 0.0704. The number of aliphatic hydroxyl groups excluding tert-OH is 1. The van der Waals surface area contributed by atoms with E-state index in [1.54, 1.807) is 49.2 Å². The Hall–Kier alpha value is -6.04. The van der Waals surface area contributed by atoms with Gasteiger partial charge in [-0.2, -0.15) is 9.97 Å². The van der Waals surface area contributed by atoms with E-state index in [-0.39, 0.29) is 31.6 Å². The third-order valence-corrected chi connectivity index (χ3v) is 7.75. The van der Waals surface area contributed by atoms with E-state index in [0.29, 0.717) is 58.8 Å². The lowest BCUT2D eigenvalue weighted by Gasteiger charge is -2.18. The fraction of sp³-hybridized carbons (Fsp3) is 0.444. The fourth-order valence-corrected chi connectivity index (χ4v) is 5.01. The minimum atomic E-state index is -0.884. The number of fused-ring (bicyclic) bond motifs is 1. The molecule has 0 saturated carbocycles. The summed E-state index contributed by atoms with van der Waals surface area (Å²) in [6, 6.07) is 10.2. The number of aromatic nitrogens is 4. The van der Waals surface area contributed by atoms with E-state index >= 15 is 0 Å². The Morgan fingerprint density at radius 3 is 1.61 bits per heavy atom. The fourth-order valence-electron chi connectivity index (χ4n) is 5.01. The first-order chi connectivity index (χ1) is 26.0. The van der Waals surface area contributed by atoms with Crippen molar-refractivity contribution >= 4 is 46.6 Å². The summed E-state index contributed by atoms with van der Waals surface area (Å²) in [6.45, 7) is 7.66. The van der Waals surface area contributed by atoms with Crippen LogP contribution < -0.4 is 45.5 Å². The normalized spacial score (nSPS) is 12.5. The third-order valence-electron chi connectivity index (χ3n) is 7.75. The van der Waals surface area contributed by atoms with Gasteiger partial charge in [0.25, 0.3) is 0 Å². The number of hydrogen-bond acceptors (Lipinski definition) is 17. The number of nitrogens with zero attached hydrogens (tertiary/aromatic N) is 4. The Balaban J connectivity index is 1.68. The second-order valence-electron chi connectivity index (χ2n) is 12.0. The summed E-state index contributed by atoms with van der Waals surface area (Å²) in [5.74, 6) is 2.91. The van der Waals surface area contributed by atoms with Gasteiger partial charge in [0.2, 0.25) is 11.9 Å². The third kappa shape index (κ3) is 11.2. The van der Waals surface area contributed by atoms with Crippen molar-refractivity contribution in [2.45, 2.75) is 59.0 Å². The van der Waals surface area contributed by atoms with Crippen molar-refractivity contribution in [3.05, 3.63) is 47.5 Å². The number of esters is 1. The van der Waals surface area contributed by atoms with Gasteiger partial charge < -0.3 is 60.1 Å². The van der Waals surface area contributed by atoms with Gasteiger partial charge in [-0.25, -0.2) is 19.6 Å². The lowest BCUT2D eigenvalue weighted by Crippen LogP contribution is -2.41. The van der Waals surface area contributed by atoms with Crippen LogP contribution in [-0.2, 0) is 27.4 Å². The summed E-state index contributed by atoms with van der Waals surface area (Å²) in [4.78, 5) is 43.3. The number of ether oxygens (including phenoxy) is 6. The molecule has 2 heterocycles. The average molecular weight is 752 g/mol. The van der Waals surface area contributed by atoms with Crippen molar-refractivity contribution in [3.8, 4) is 23.0 Å². The van der Waals surface area contributed by atoms with Gasteiger partial charge in [-0.1, -0.05) is 12.1 Å². The summed E-state index contributed by atoms with van der Waals surface area (Å²) in [5.41, 5.74) is 2.50. The van der Waals surface area contributed by atoms with Gasteiger partial charge in [-0.05, 0) is 63.1 Å². The Morgan fingerprint density at radius 2 is 1.17 bits per heavy atom. The van der Waals surface area contributed by atoms with Crippen LogP contribution in [-0.4, -0.2) is 103 Å². The van der Waals surface area contributed by atoms with Crippen molar-refractivity contribution in [1.82, 2.24) is 25.3 Å². The van der Waals surface area contributed by atoms with Crippen LogP contribution in [0.3, 0.4) is 0 Å². The molecule has 4 aromatic rings. The highest BCUT2D eigenvalue weighted by molar-refractivity contribution is 5.94. The molecule has 18 nitrogen and oxygen atoms in total. The summed E-state index contributed by atoms with van der Waals surface area (Å²) >= 11 is 0. The van der Waals surface area contributed by atoms with Crippen LogP contribution in [0.2, 0.25) is 0 Å². The number of rotatable bonds is 20. The Morgan fingerprint density at radius 1 is 0.685 bits per heavy atom. The number of nitrogens with one attached hydrogen (secondary N) is 5. The number of aliphatic hydroxyl groups is 1. The number of alkyl carbamates (subject to hydrolysis) is 1. The molecule has 0 fully saturated rings. The van der Waals surface area contributed by atoms with Gasteiger partial charge in [0.1, 0.15) is 23.2 Å². The second-order valence-corrected chi connectivity index (χ2v) is 12.0. The molecule has 0 radical (unpaired) electrons. The van der Waals surface area contributed by atoms with Crippen molar-refractivity contribution in [3.63, 3.8) is 0 Å². The zero-order chi connectivity index (χ0) is 39.2. The molecule has 4 rings (SSSR count). The van der Waals surface area contributed by atoms with Crippen LogP contribution >= 0.6 is 0 Å². The summed E-state index contributed by atoms with van der Waals surface area (Å²) in [5, 5.41) is 25.4. The topological polar surface area (TPSA) is 221 Å². The van der Waals surface area contributed by atoms with Crippen molar-refractivity contribution in [1.29, 1.82) is 0 Å². The molecular weight excluding hydrogens is 702 g/mol. The smallest absolute Gasteiger partial charge is 0.408 e. The predicted octanol–water partition coefficient (Wildman–Crippen LogP) is 3.95. The Bertz CT molecular complexity index is 1880. The second kappa shape index (κ2) is 19.7. The summed E-state index contributed by atoms with van der Waals surface area (Å²) in [6.07, 6.45) is -2.11. The molecule has 0 aliphatic rings. The zero-order valence-electron chi connectivity index (χ0n) is 31.7. The van der Waals surface area contributed by atoms with Crippen LogP contribution in [0.5, 0.6) is 23.0 Å². The molecule has 18 heteroatoms. The van der Waals surface area contributed by atoms with E-state index in [9.17, 15) is 14.7 Å². The lowest BCUT2D eigenvalue weighted by atomic mass is 10.2. The number of anilines is 4. The van der Waals surface area contributed by atoms with E-state index in [2.05, 4.69) is 26.6 Å². The highest BCUT2D eigenvalue weighted by atomic mass is 16.6. The first-order valence-corrected chi connectivity index (χ1v) is 17.3. The molecule has 2 aromatic carbocycles. The van der Waals surface area contributed by atoms with Gasteiger partial charge in [-0.3, -0.25) is 0 Å². The molecule has 0 saturated heterocycles. The maximum absolute atomic E-state index is 12.5. The lowest BCUT2D eigenvalue weighted by molar-refractivity contribution is -0.145. The SMILES string of the molecule is CCOC(=O)[C@H](C)NC(=O)OC(C)CNc1nc(NCc2ccc(OC)c(OC)c2)c2nc(NCC(C)O)nc(NCc3ccc(OC)c(OC)c3)c2n1. The van der Waals surface area contributed by atoms with Crippen molar-refractivity contribution in [2.75, 3.05) is 69.4 Å². The minimum absolute atomic E-state index is 0.116. The standard InChI is InChI=1S/C36H49N9O9/c1-9-53-33(47)22(4)41-36(48)54-21(3)17-40-35-43-30-29(32(45-35)38-19-24-11-13-26(50-6)28(15-24)52-8)42-34(39-16-20(2)46)44-31(30)37-18-23-10-12-25(49-5)27(14-23)51-7/h10-15,20-22,46H,9,16-19H2,1-8H3,(H,41,48)(H2,37,39,42,44)(H2,38,40,43,45)/t20?,21?,22-/m0/s1. The molecule has 0 aliphatic carbocycles. The molecular formula is C36H49N9O9. The Kier molecular flexibility index (Phi) is 14.9. The van der Waals surface area contributed by atoms with Gasteiger partial charge in [0.15, 0.2) is 34.6 Å². The highest BCUT2D eigenvalue weighted by Crippen LogP contribution is 2.31. The van der Waals surface area contributed by atoms with Crippen molar-refractivity contribution in [2.24, 2.45) is 0 Å². The highest BCUT2D eigenvalue weighted by Gasteiger charge is 2.21. The summed E-state index contributed by atoms with van der Waals surface area (Å²) < 4.78 is 32.1. The number of hydrogen-bond donors (Lipinski definition) is 6. The molecule has 3 atom stereocenters. The minimum Gasteiger partial charge on any atom is -0.493 e. The largest absolute Gasteiger partial charge is 0.493 e. The van der Waals surface area contributed by atoms with Crippen LogP contribution in [0.25, 0.3) is 11.0 Å². The molecule has 2 aromatic heterocycles. The number of methoxy groups -OCH3 is 4. The first-order valence-electron chi connectivity index (χ1n) is 17.3. The maximum Gasteiger partial charge on any atom is 0.408 e. The molecule has 1 amide bonds. The van der Waals surface area contributed by atoms with Gasteiger partial charge in [0, 0.05) is 19.6 Å². The maximum atomic E-state index is 12.5.